The van der Waals surface area contributed by atoms with E-state index in [0.717, 1.165) is 24.3 Å². The van der Waals surface area contributed by atoms with Crippen molar-refractivity contribution >= 4 is 17.0 Å². The highest BCUT2D eigenvalue weighted by Gasteiger charge is 2.27. The molecular formula is C22H25N3. The van der Waals surface area contributed by atoms with Crippen LogP contribution in [0.5, 0.6) is 0 Å². The Hall–Kier alpha value is -2.39. The van der Waals surface area contributed by atoms with Gasteiger partial charge in [-0.25, -0.2) is 0 Å². The van der Waals surface area contributed by atoms with Crippen LogP contribution in [0.25, 0.3) is 17.0 Å². The van der Waals surface area contributed by atoms with E-state index in [4.69, 9.17) is 0 Å². The van der Waals surface area contributed by atoms with Crippen LogP contribution >= 0.6 is 0 Å². The van der Waals surface area contributed by atoms with Crippen LogP contribution in [0.15, 0.2) is 42.6 Å². The van der Waals surface area contributed by atoms with E-state index in [2.05, 4.69) is 78.0 Å². The van der Waals surface area contributed by atoms with Crippen LogP contribution in [0.3, 0.4) is 0 Å². The largest absolute Gasteiger partial charge is 0.347 e. The first kappa shape index (κ1) is 16.1. The van der Waals surface area contributed by atoms with Crippen molar-refractivity contribution in [2.24, 2.45) is 7.05 Å². The zero-order valence-corrected chi connectivity index (χ0v) is 15.5. The second kappa shape index (κ2) is 6.16. The number of hydrogen-bond acceptors (Lipinski definition) is 2. The lowest BCUT2D eigenvalue weighted by molar-refractivity contribution is 0.295. The highest BCUT2D eigenvalue weighted by Crippen LogP contribution is 2.36. The van der Waals surface area contributed by atoms with Crippen molar-refractivity contribution in [2.75, 3.05) is 13.6 Å². The fourth-order valence-electron chi connectivity index (χ4n) is 4.01. The number of rotatable bonds is 2. The first-order valence-electron chi connectivity index (χ1n) is 8.90. The number of likely N-dealkylation sites (N-methyl/N-ethyl adjacent to an activating group) is 1. The highest BCUT2D eigenvalue weighted by molar-refractivity contribution is 5.87. The zero-order chi connectivity index (χ0) is 17.6. The van der Waals surface area contributed by atoms with Gasteiger partial charge in [0.15, 0.2) is 0 Å². The molecule has 3 aromatic rings. The zero-order valence-electron chi connectivity index (χ0n) is 15.5. The molecule has 0 saturated heterocycles. The minimum atomic E-state index is 0.396. The third kappa shape index (κ3) is 2.89. The summed E-state index contributed by atoms with van der Waals surface area (Å²) in [5.41, 5.74) is 7.81. The van der Waals surface area contributed by atoms with E-state index in [0.29, 0.717) is 5.92 Å². The minimum absolute atomic E-state index is 0.396. The van der Waals surface area contributed by atoms with Crippen molar-refractivity contribution in [3.05, 3.63) is 70.7 Å². The third-order valence-electron chi connectivity index (χ3n) is 5.25. The Morgan fingerprint density at radius 2 is 1.96 bits per heavy atom. The van der Waals surface area contributed by atoms with E-state index in [9.17, 15) is 0 Å². The highest BCUT2D eigenvalue weighted by atomic mass is 15.1. The van der Waals surface area contributed by atoms with Gasteiger partial charge in [-0.1, -0.05) is 29.8 Å². The van der Waals surface area contributed by atoms with Crippen molar-refractivity contribution < 1.29 is 0 Å². The van der Waals surface area contributed by atoms with E-state index in [1.54, 1.807) is 0 Å². The van der Waals surface area contributed by atoms with E-state index in [-0.39, 0.29) is 0 Å². The molecule has 128 valence electrons. The standard InChI is InChI=1S/C22H25N3/c1-15-5-10-21-19(11-15)20-14-24(3)13-18(22(20)25(21)4)9-8-17-7-6-16(2)23-12-17/h5-12,18H,13-14H2,1-4H3/b9-8+. The molecule has 1 atom stereocenters. The lowest BCUT2D eigenvalue weighted by Gasteiger charge is -2.29. The van der Waals surface area contributed by atoms with Gasteiger partial charge < -0.3 is 9.47 Å². The maximum atomic E-state index is 4.40. The molecule has 3 nitrogen and oxygen atoms in total. The lowest BCUT2D eigenvalue weighted by atomic mass is 9.94. The summed E-state index contributed by atoms with van der Waals surface area (Å²) < 4.78 is 2.39. The SMILES string of the molecule is Cc1ccc2c(c1)c1c(n2C)C(/C=C/c2ccc(C)nc2)CN(C)C1. The third-order valence-corrected chi connectivity index (χ3v) is 5.25. The van der Waals surface area contributed by atoms with Crippen molar-refractivity contribution in [3.63, 3.8) is 0 Å². The number of nitrogens with zero attached hydrogens (tertiary/aromatic N) is 3. The van der Waals surface area contributed by atoms with Gasteiger partial charge in [-0.15, -0.1) is 0 Å². The molecule has 0 N–H and O–H groups in total. The molecule has 0 spiro atoms. The first-order chi connectivity index (χ1) is 12.0. The Labute approximate surface area is 149 Å². The van der Waals surface area contributed by atoms with Gasteiger partial charge in [0.2, 0.25) is 0 Å². The van der Waals surface area contributed by atoms with Gasteiger partial charge in [0, 0.05) is 54.5 Å². The first-order valence-corrected chi connectivity index (χ1v) is 8.90. The molecular weight excluding hydrogens is 306 g/mol. The molecule has 0 amide bonds. The molecule has 0 fully saturated rings. The smallest absolute Gasteiger partial charge is 0.0483 e. The van der Waals surface area contributed by atoms with E-state index in [1.807, 2.05) is 13.1 Å². The molecule has 3 heterocycles. The fourth-order valence-corrected chi connectivity index (χ4v) is 4.01. The molecule has 0 saturated carbocycles. The Kier molecular flexibility index (Phi) is 3.97. The van der Waals surface area contributed by atoms with E-state index < -0.39 is 0 Å². The Balaban J connectivity index is 1.78. The maximum Gasteiger partial charge on any atom is 0.0483 e. The summed E-state index contributed by atoms with van der Waals surface area (Å²) in [7, 11) is 4.42. The fraction of sp³-hybridized carbons (Fsp3) is 0.318. The van der Waals surface area contributed by atoms with Crippen molar-refractivity contribution in [3.8, 4) is 0 Å². The molecule has 25 heavy (non-hydrogen) atoms. The molecule has 1 aliphatic rings. The predicted octanol–water partition coefficient (Wildman–Crippen LogP) is 4.43. The van der Waals surface area contributed by atoms with Gasteiger partial charge in [0.1, 0.15) is 0 Å². The van der Waals surface area contributed by atoms with Gasteiger partial charge in [-0.05, 0) is 50.2 Å². The van der Waals surface area contributed by atoms with Crippen LogP contribution in [0, 0.1) is 13.8 Å². The number of aromatic nitrogens is 2. The Morgan fingerprint density at radius 1 is 1.12 bits per heavy atom. The predicted molar refractivity (Wildman–Crippen MR) is 105 cm³/mol. The average molecular weight is 331 g/mol. The normalized spacial score (nSPS) is 18.2. The molecule has 1 unspecified atom stereocenters. The van der Waals surface area contributed by atoms with Gasteiger partial charge in [-0.2, -0.15) is 0 Å². The van der Waals surface area contributed by atoms with E-state index in [1.165, 1.54) is 27.7 Å². The molecule has 0 radical (unpaired) electrons. The summed E-state index contributed by atoms with van der Waals surface area (Å²) in [6.07, 6.45) is 6.50. The molecule has 3 heteroatoms. The molecule has 4 rings (SSSR count). The Bertz CT molecular complexity index is 948. The minimum Gasteiger partial charge on any atom is -0.347 e. The summed E-state index contributed by atoms with van der Waals surface area (Å²) >= 11 is 0. The lowest BCUT2D eigenvalue weighted by Crippen LogP contribution is -2.30. The van der Waals surface area contributed by atoms with Crippen LogP contribution in [-0.4, -0.2) is 28.0 Å². The molecule has 1 aliphatic heterocycles. The maximum absolute atomic E-state index is 4.40. The number of pyridine rings is 1. The van der Waals surface area contributed by atoms with Crippen molar-refractivity contribution in [1.29, 1.82) is 0 Å². The van der Waals surface area contributed by atoms with Crippen molar-refractivity contribution in [1.82, 2.24) is 14.5 Å². The van der Waals surface area contributed by atoms with Gasteiger partial charge in [0.05, 0.1) is 0 Å². The van der Waals surface area contributed by atoms with E-state index >= 15 is 0 Å². The summed E-state index contributed by atoms with van der Waals surface area (Å²) in [5, 5.41) is 1.40. The monoisotopic (exact) mass is 331 g/mol. The number of hydrogen-bond donors (Lipinski definition) is 0. The second-order valence-corrected chi connectivity index (χ2v) is 7.34. The molecule has 2 aromatic heterocycles. The van der Waals surface area contributed by atoms with Crippen LogP contribution in [0.4, 0.5) is 0 Å². The number of aryl methyl sites for hydroxylation is 3. The number of fused-ring (bicyclic) bond motifs is 3. The second-order valence-electron chi connectivity index (χ2n) is 7.34. The summed E-state index contributed by atoms with van der Waals surface area (Å²) in [6, 6.07) is 11.0. The molecule has 1 aromatic carbocycles. The topological polar surface area (TPSA) is 21.1 Å². The van der Waals surface area contributed by atoms with Gasteiger partial charge in [-0.3, -0.25) is 4.98 Å². The summed E-state index contributed by atoms with van der Waals surface area (Å²) in [5.74, 6) is 0.396. The molecule has 0 bridgehead atoms. The summed E-state index contributed by atoms with van der Waals surface area (Å²) in [6.45, 7) is 6.26. The van der Waals surface area contributed by atoms with Crippen LogP contribution < -0.4 is 0 Å². The van der Waals surface area contributed by atoms with Gasteiger partial charge >= 0.3 is 0 Å². The van der Waals surface area contributed by atoms with Crippen molar-refractivity contribution in [2.45, 2.75) is 26.3 Å². The Morgan fingerprint density at radius 3 is 2.72 bits per heavy atom. The molecule has 0 aliphatic carbocycles. The van der Waals surface area contributed by atoms with Crippen LogP contribution in [0.2, 0.25) is 0 Å². The average Bonchev–Trinajstić information content (AvgIpc) is 2.86. The van der Waals surface area contributed by atoms with Crippen LogP contribution in [-0.2, 0) is 13.6 Å². The van der Waals surface area contributed by atoms with Gasteiger partial charge in [0.25, 0.3) is 0 Å². The summed E-state index contributed by atoms with van der Waals surface area (Å²) in [4.78, 5) is 6.82. The van der Waals surface area contributed by atoms with Crippen LogP contribution in [0.1, 0.15) is 34.0 Å². The number of benzene rings is 1. The quantitative estimate of drug-likeness (QED) is 0.692.